The number of hydrogen-bond donors (Lipinski definition) is 0. The van der Waals surface area contributed by atoms with Crippen molar-refractivity contribution in [3.63, 3.8) is 0 Å². The van der Waals surface area contributed by atoms with Crippen LogP contribution in [0.15, 0.2) is 18.2 Å². The van der Waals surface area contributed by atoms with Crippen LogP contribution in [-0.4, -0.2) is 54.9 Å². The number of hydrogen-bond acceptors (Lipinski definition) is 3. The van der Waals surface area contributed by atoms with Crippen molar-refractivity contribution in [1.82, 2.24) is 9.80 Å². The zero-order valence-electron chi connectivity index (χ0n) is 11.9. The van der Waals surface area contributed by atoms with Crippen molar-refractivity contribution in [2.45, 2.75) is 19.4 Å². The van der Waals surface area contributed by atoms with Gasteiger partial charge in [-0.2, -0.15) is 0 Å². The normalized spacial score (nSPS) is 21.7. The van der Waals surface area contributed by atoms with Crippen LogP contribution in [0.25, 0.3) is 0 Å². The van der Waals surface area contributed by atoms with Crippen molar-refractivity contribution < 1.29 is 13.6 Å². The van der Waals surface area contributed by atoms with Gasteiger partial charge in [0.1, 0.15) is 11.6 Å². The van der Waals surface area contributed by atoms with Gasteiger partial charge in [-0.1, -0.05) is 6.07 Å². The molecule has 2 rings (SSSR count). The van der Waals surface area contributed by atoms with Crippen LogP contribution in [0.4, 0.5) is 8.78 Å². The number of carbonyl (C=O) groups excluding carboxylic acids is 1. The standard InChI is InChI=1S/C15H20F2N2O/c1-11-9-18(2)7-4-8-19(11)10-14(20)15-12(16)5-3-6-13(15)17/h3,5-6,11H,4,7-10H2,1-2H3. The molecular weight excluding hydrogens is 262 g/mol. The van der Waals surface area contributed by atoms with E-state index in [-0.39, 0.29) is 12.6 Å². The molecule has 0 amide bonds. The quantitative estimate of drug-likeness (QED) is 0.794. The molecule has 20 heavy (non-hydrogen) atoms. The maximum absolute atomic E-state index is 13.6. The van der Waals surface area contributed by atoms with Crippen LogP contribution in [-0.2, 0) is 0 Å². The highest BCUT2D eigenvalue weighted by Gasteiger charge is 2.24. The molecule has 1 aromatic rings. The molecule has 0 radical (unpaired) electrons. The fourth-order valence-electron chi connectivity index (χ4n) is 2.68. The summed E-state index contributed by atoms with van der Waals surface area (Å²) in [6.45, 7) is 4.70. The zero-order chi connectivity index (χ0) is 14.7. The number of likely N-dealkylation sites (N-methyl/N-ethyl adjacent to an activating group) is 1. The van der Waals surface area contributed by atoms with E-state index in [4.69, 9.17) is 0 Å². The SMILES string of the molecule is CC1CN(C)CCCN1CC(=O)c1c(F)cccc1F. The smallest absolute Gasteiger partial charge is 0.182 e. The minimum Gasteiger partial charge on any atom is -0.305 e. The summed E-state index contributed by atoms with van der Waals surface area (Å²) < 4.78 is 27.2. The van der Waals surface area contributed by atoms with E-state index in [9.17, 15) is 13.6 Å². The summed E-state index contributed by atoms with van der Waals surface area (Å²) in [6.07, 6.45) is 0.952. The molecule has 1 atom stereocenters. The maximum atomic E-state index is 13.6. The third-order valence-corrected chi connectivity index (χ3v) is 3.77. The third kappa shape index (κ3) is 3.41. The summed E-state index contributed by atoms with van der Waals surface area (Å²) in [5.41, 5.74) is -0.419. The molecule has 3 nitrogen and oxygen atoms in total. The Morgan fingerprint density at radius 3 is 2.60 bits per heavy atom. The molecule has 1 aliphatic heterocycles. The van der Waals surface area contributed by atoms with Gasteiger partial charge in [0.05, 0.1) is 12.1 Å². The highest BCUT2D eigenvalue weighted by molar-refractivity contribution is 5.98. The molecule has 0 saturated carbocycles. The van der Waals surface area contributed by atoms with E-state index in [1.807, 2.05) is 18.9 Å². The fourth-order valence-corrected chi connectivity index (χ4v) is 2.68. The van der Waals surface area contributed by atoms with Gasteiger partial charge in [0.15, 0.2) is 5.78 Å². The molecule has 1 fully saturated rings. The number of nitrogens with zero attached hydrogens (tertiary/aromatic N) is 2. The topological polar surface area (TPSA) is 23.6 Å². The molecule has 0 spiro atoms. The number of halogens is 2. The average Bonchev–Trinajstić information content (AvgIpc) is 2.51. The number of benzene rings is 1. The Kier molecular flexibility index (Phi) is 4.83. The van der Waals surface area contributed by atoms with Crippen molar-refractivity contribution in [3.8, 4) is 0 Å². The van der Waals surface area contributed by atoms with Crippen LogP contribution in [0, 0.1) is 11.6 Å². The molecule has 1 unspecified atom stereocenters. The predicted octanol–water partition coefficient (Wildman–Crippen LogP) is 2.17. The van der Waals surface area contributed by atoms with Crippen LogP contribution >= 0.6 is 0 Å². The van der Waals surface area contributed by atoms with Gasteiger partial charge in [-0.25, -0.2) is 8.78 Å². The number of Topliss-reactive ketones (excluding diaryl/α,β-unsaturated/α-hetero) is 1. The van der Waals surface area contributed by atoms with Gasteiger partial charge in [-0.15, -0.1) is 0 Å². The first-order valence-electron chi connectivity index (χ1n) is 6.89. The van der Waals surface area contributed by atoms with E-state index in [1.165, 1.54) is 6.07 Å². The van der Waals surface area contributed by atoms with E-state index in [2.05, 4.69) is 4.90 Å². The minimum atomic E-state index is -0.783. The second-order valence-corrected chi connectivity index (χ2v) is 5.46. The first-order valence-corrected chi connectivity index (χ1v) is 6.89. The zero-order valence-corrected chi connectivity index (χ0v) is 11.9. The first kappa shape index (κ1) is 15.1. The minimum absolute atomic E-state index is 0.0624. The fraction of sp³-hybridized carbons (Fsp3) is 0.533. The number of ketones is 1. The summed E-state index contributed by atoms with van der Waals surface area (Å²) >= 11 is 0. The van der Waals surface area contributed by atoms with Gasteiger partial charge in [-0.05, 0) is 39.1 Å². The molecule has 5 heteroatoms. The molecule has 0 bridgehead atoms. The van der Waals surface area contributed by atoms with E-state index < -0.39 is 23.0 Å². The molecule has 0 aliphatic carbocycles. The monoisotopic (exact) mass is 282 g/mol. The van der Waals surface area contributed by atoms with Crippen LogP contribution in [0.3, 0.4) is 0 Å². The molecule has 0 N–H and O–H groups in total. The molecule has 0 aromatic heterocycles. The molecule has 110 valence electrons. The van der Waals surface area contributed by atoms with E-state index in [0.29, 0.717) is 0 Å². The molecule has 1 aliphatic rings. The van der Waals surface area contributed by atoms with Gasteiger partial charge in [0.2, 0.25) is 0 Å². The van der Waals surface area contributed by atoms with Crippen molar-refractivity contribution in [2.75, 3.05) is 33.2 Å². The Balaban J connectivity index is 2.11. The van der Waals surface area contributed by atoms with E-state index in [0.717, 1.165) is 38.2 Å². The van der Waals surface area contributed by atoms with E-state index >= 15 is 0 Å². The second-order valence-electron chi connectivity index (χ2n) is 5.46. The Morgan fingerprint density at radius 2 is 1.95 bits per heavy atom. The summed E-state index contributed by atoms with van der Waals surface area (Å²) in [5.74, 6) is -2.05. The Hall–Kier alpha value is -1.33. The third-order valence-electron chi connectivity index (χ3n) is 3.77. The summed E-state index contributed by atoms with van der Waals surface area (Å²) in [4.78, 5) is 16.4. The van der Waals surface area contributed by atoms with Crippen LogP contribution in [0.5, 0.6) is 0 Å². The number of rotatable bonds is 3. The Labute approximate surface area is 118 Å². The van der Waals surface area contributed by atoms with Crippen LogP contribution in [0.2, 0.25) is 0 Å². The lowest BCUT2D eigenvalue weighted by Gasteiger charge is -2.27. The largest absolute Gasteiger partial charge is 0.305 e. The van der Waals surface area contributed by atoms with Crippen LogP contribution in [0.1, 0.15) is 23.7 Å². The number of carbonyl (C=O) groups is 1. The summed E-state index contributed by atoms with van der Waals surface area (Å²) in [5, 5.41) is 0. The Morgan fingerprint density at radius 1 is 1.30 bits per heavy atom. The lowest BCUT2D eigenvalue weighted by atomic mass is 10.1. The first-order chi connectivity index (χ1) is 9.49. The lowest BCUT2D eigenvalue weighted by Crippen LogP contribution is -2.41. The molecular formula is C15H20F2N2O. The van der Waals surface area contributed by atoms with Gasteiger partial charge in [-0.3, -0.25) is 9.69 Å². The van der Waals surface area contributed by atoms with Gasteiger partial charge >= 0.3 is 0 Å². The summed E-state index contributed by atoms with van der Waals surface area (Å²) in [6, 6.07) is 3.71. The summed E-state index contributed by atoms with van der Waals surface area (Å²) in [7, 11) is 2.04. The van der Waals surface area contributed by atoms with Crippen molar-refractivity contribution in [3.05, 3.63) is 35.4 Å². The van der Waals surface area contributed by atoms with Crippen molar-refractivity contribution >= 4 is 5.78 Å². The highest BCUT2D eigenvalue weighted by Crippen LogP contribution is 2.15. The van der Waals surface area contributed by atoms with Gasteiger partial charge in [0.25, 0.3) is 0 Å². The molecule has 1 heterocycles. The average molecular weight is 282 g/mol. The molecule has 1 saturated heterocycles. The highest BCUT2D eigenvalue weighted by atomic mass is 19.1. The van der Waals surface area contributed by atoms with Crippen molar-refractivity contribution in [1.29, 1.82) is 0 Å². The van der Waals surface area contributed by atoms with Crippen LogP contribution < -0.4 is 0 Å². The van der Waals surface area contributed by atoms with E-state index in [1.54, 1.807) is 0 Å². The van der Waals surface area contributed by atoms with Gasteiger partial charge in [0, 0.05) is 19.1 Å². The second kappa shape index (κ2) is 6.41. The maximum Gasteiger partial charge on any atom is 0.182 e. The predicted molar refractivity (Wildman–Crippen MR) is 73.8 cm³/mol. The molecule has 1 aromatic carbocycles. The van der Waals surface area contributed by atoms with Crippen molar-refractivity contribution in [2.24, 2.45) is 0 Å². The lowest BCUT2D eigenvalue weighted by molar-refractivity contribution is 0.0892. The van der Waals surface area contributed by atoms with Gasteiger partial charge < -0.3 is 4.90 Å². The Bertz CT molecular complexity index is 473.